The molecule has 2 rings (SSSR count). The summed E-state index contributed by atoms with van der Waals surface area (Å²) in [6.45, 7) is -2.81. The smallest absolute Gasteiger partial charge is 0.387 e. The molecule has 0 unspecified atom stereocenters. The van der Waals surface area contributed by atoms with Gasteiger partial charge in [0.05, 0.1) is 9.90 Å². The normalized spacial score (nSPS) is 10.5. The number of anilines is 1. The van der Waals surface area contributed by atoms with Crippen LogP contribution in [0, 0.1) is 0 Å². The van der Waals surface area contributed by atoms with E-state index < -0.39 is 6.61 Å². The zero-order chi connectivity index (χ0) is 17.5. The van der Waals surface area contributed by atoms with Crippen LogP contribution in [0.3, 0.4) is 0 Å². The molecule has 0 atom stereocenters. The lowest BCUT2D eigenvalue weighted by molar-refractivity contribution is -0.116. The van der Waals surface area contributed by atoms with Crippen molar-refractivity contribution in [3.8, 4) is 5.75 Å². The van der Waals surface area contributed by atoms with E-state index in [1.165, 1.54) is 29.5 Å². The Morgan fingerprint density at radius 3 is 2.71 bits per heavy atom. The Kier molecular flexibility index (Phi) is 6.51. The van der Waals surface area contributed by atoms with E-state index in [1.807, 2.05) is 0 Å². The number of carbonyl (C=O) groups excluding carboxylic acids is 2. The zero-order valence-electron chi connectivity index (χ0n) is 12.2. The lowest BCUT2D eigenvalue weighted by atomic mass is 10.3. The highest BCUT2D eigenvalue weighted by Crippen LogP contribution is 2.28. The largest absolute Gasteiger partial charge is 0.433 e. The molecule has 128 valence electrons. The molecule has 9 heteroatoms. The molecule has 1 aromatic carbocycles. The van der Waals surface area contributed by atoms with Gasteiger partial charge in [-0.15, -0.1) is 11.3 Å². The molecular formula is C15H13ClF2N2O3S. The number of thiophene rings is 1. The van der Waals surface area contributed by atoms with Gasteiger partial charge >= 0.3 is 6.61 Å². The fourth-order valence-corrected chi connectivity index (χ4v) is 2.64. The third kappa shape index (κ3) is 5.47. The van der Waals surface area contributed by atoms with Crippen LogP contribution < -0.4 is 15.4 Å². The maximum absolute atomic E-state index is 12.1. The molecule has 0 spiro atoms. The standard InChI is InChI=1S/C15H13ClF2N2O3S/c16-10-8-9(3-4-11(10)23-15(17)18)20-13(21)5-6-19-14(22)12-2-1-7-24-12/h1-4,7-8,15H,5-6H2,(H,19,22)(H,20,21). The summed E-state index contributed by atoms with van der Waals surface area (Å²) in [6, 6.07) is 7.39. The van der Waals surface area contributed by atoms with Crippen molar-refractivity contribution in [3.63, 3.8) is 0 Å². The second-order valence-electron chi connectivity index (χ2n) is 4.56. The lowest BCUT2D eigenvalue weighted by Crippen LogP contribution is -2.27. The van der Waals surface area contributed by atoms with E-state index in [0.29, 0.717) is 10.6 Å². The number of amides is 2. The van der Waals surface area contributed by atoms with E-state index in [1.54, 1.807) is 17.5 Å². The van der Waals surface area contributed by atoms with E-state index >= 15 is 0 Å². The van der Waals surface area contributed by atoms with Gasteiger partial charge in [0.2, 0.25) is 5.91 Å². The van der Waals surface area contributed by atoms with Crippen molar-refractivity contribution < 1.29 is 23.1 Å². The molecule has 0 saturated carbocycles. The first-order chi connectivity index (χ1) is 11.5. The molecule has 2 N–H and O–H groups in total. The van der Waals surface area contributed by atoms with Crippen molar-refractivity contribution in [3.05, 3.63) is 45.6 Å². The first-order valence-electron chi connectivity index (χ1n) is 6.81. The SMILES string of the molecule is O=C(CCNC(=O)c1cccs1)Nc1ccc(OC(F)F)c(Cl)c1. The van der Waals surface area contributed by atoms with E-state index in [4.69, 9.17) is 11.6 Å². The average Bonchev–Trinajstić information content (AvgIpc) is 3.04. The van der Waals surface area contributed by atoms with Crippen molar-refractivity contribution in [1.29, 1.82) is 0 Å². The number of carbonyl (C=O) groups is 2. The number of benzene rings is 1. The molecule has 0 aliphatic rings. The molecule has 2 amide bonds. The molecule has 0 aliphatic carbocycles. The van der Waals surface area contributed by atoms with Crippen LogP contribution in [0.2, 0.25) is 5.02 Å². The summed E-state index contributed by atoms with van der Waals surface area (Å²) in [5.74, 6) is -0.762. The first-order valence-corrected chi connectivity index (χ1v) is 8.07. The van der Waals surface area contributed by atoms with Gasteiger partial charge in [-0.2, -0.15) is 8.78 Å². The minimum absolute atomic E-state index is 0.0425. The summed E-state index contributed by atoms with van der Waals surface area (Å²) >= 11 is 7.10. The summed E-state index contributed by atoms with van der Waals surface area (Å²) in [4.78, 5) is 24.1. The highest BCUT2D eigenvalue weighted by Gasteiger charge is 2.11. The summed E-state index contributed by atoms with van der Waals surface area (Å²) < 4.78 is 28.5. The number of hydrogen-bond acceptors (Lipinski definition) is 4. The van der Waals surface area contributed by atoms with Gasteiger partial charge in [-0.3, -0.25) is 9.59 Å². The van der Waals surface area contributed by atoms with Crippen LogP contribution in [0.1, 0.15) is 16.1 Å². The quantitative estimate of drug-likeness (QED) is 0.775. The van der Waals surface area contributed by atoms with Crippen LogP contribution in [0.15, 0.2) is 35.7 Å². The van der Waals surface area contributed by atoms with Crippen LogP contribution in [0.4, 0.5) is 14.5 Å². The molecule has 0 saturated heterocycles. The van der Waals surface area contributed by atoms with Gasteiger partial charge in [-0.1, -0.05) is 17.7 Å². The minimum Gasteiger partial charge on any atom is -0.433 e. The van der Waals surface area contributed by atoms with Gasteiger partial charge in [-0.25, -0.2) is 0 Å². The zero-order valence-corrected chi connectivity index (χ0v) is 13.8. The van der Waals surface area contributed by atoms with Gasteiger partial charge in [-0.05, 0) is 29.6 Å². The molecule has 0 radical (unpaired) electrons. The van der Waals surface area contributed by atoms with Gasteiger partial charge in [0.15, 0.2) is 0 Å². The molecule has 1 heterocycles. The number of halogens is 3. The summed E-state index contributed by atoms with van der Waals surface area (Å²) in [5.41, 5.74) is 0.344. The van der Waals surface area contributed by atoms with Crippen LogP contribution in [0.25, 0.3) is 0 Å². The predicted octanol–water partition coefficient (Wildman–Crippen LogP) is 3.76. The number of alkyl halides is 2. The lowest BCUT2D eigenvalue weighted by Gasteiger charge is -2.10. The Hall–Kier alpha value is -2.19. The Morgan fingerprint density at radius 1 is 1.29 bits per heavy atom. The van der Waals surface area contributed by atoms with Crippen LogP contribution in [-0.4, -0.2) is 25.0 Å². The van der Waals surface area contributed by atoms with Crippen molar-refractivity contribution in [2.45, 2.75) is 13.0 Å². The van der Waals surface area contributed by atoms with Crippen molar-refractivity contribution >= 4 is 40.4 Å². The highest BCUT2D eigenvalue weighted by atomic mass is 35.5. The maximum atomic E-state index is 12.1. The fraction of sp³-hybridized carbons (Fsp3) is 0.200. The van der Waals surface area contributed by atoms with Gasteiger partial charge in [0.25, 0.3) is 5.91 Å². The third-order valence-electron chi connectivity index (χ3n) is 2.81. The number of nitrogens with one attached hydrogen (secondary N) is 2. The monoisotopic (exact) mass is 374 g/mol. The van der Waals surface area contributed by atoms with E-state index in [9.17, 15) is 18.4 Å². The average molecular weight is 375 g/mol. The topological polar surface area (TPSA) is 67.4 Å². The summed E-state index contributed by atoms with van der Waals surface area (Å²) in [6.07, 6.45) is 0.0595. The second-order valence-corrected chi connectivity index (χ2v) is 5.91. The number of hydrogen-bond donors (Lipinski definition) is 2. The predicted molar refractivity (Wildman–Crippen MR) is 88.0 cm³/mol. The highest BCUT2D eigenvalue weighted by molar-refractivity contribution is 7.12. The Bertz CT molecular complexity index is 711. The van der Waals surface area contributed by atoms with Crippen molar-refractivity contribution in [2.75, 3.05) is 11.9 Å². The first kappa shape index (κ1) is 18.2. The Balaban J connectivity index is 1.80. The molecule has 0 fully saturated rings. The van der Waals surface area contributed by atoms with E-state index in [0.717, 1.165) is 0 Å². The molecule has 0 aliphatic heterocycles. The van der Waals surface area contributed by atoms with Crippen LogP contribution >= 0.6 is 22.9 Å². The minimum atomic E-state index is -2.98. The number of rotatable bonds is 7. The molecule has 24 heavy (non-hydrogen) atoms. The maximum Gasteiger partial charge on any atom is 0.387 e. The van der Waals surface area contributed by atoms with Gasteiger partial charge < -0.3 is 15.4 Å². The van der Waals surface area contributed by atoms with Gasteiger partial charge in [0, 0.05) is 18.7 Å². The van der Waals surface area contributed by atoms with E-state index in [2.05, 4.69) is 15.4 Å². The third-order valence-corrected chi connectivity index (χ3v) is 3.98. The molecule has 5 nitrogen and oxygen atoms in total. The van der Waals surface area contributed by atoms with Crippen molar-refractivity contribution in [1.82, 2.24) is 5.32 Å². The van der Waals surface area contributed by atoms with Gasteiger partial charge in [0.1, 0.15) is 5.75 Å². The second kappa shape index (κ2) is 8.60. The fourth-order valence-electron chi connectivity index (χ4n) is 1.78. The Labute approximate surface area is 145 Å². The molecule has 2 aromatic rings. The summed E-state index contributed by atoms with van der Waals surface area (Å²) in [5, 5.41) is 6.92. The van der Waals surface area contributed by atoms with Crippen LogP contribution in [0.5, 0.6) is 5.75 Å². The molecular weight excluding hydrogens is 362 g/mol. The number of ether oxygens (including phenoxy) is 1. The van der Waals surface area contributed by atoms with Crippen LogP contribution in [-0.2, 0) is 4.79 Å². The van der Waals surface area contributed by atoms with E-state index in [-0.39, 0.29) is 35.6 Å². The summed E-state index contributed by atoms with van der Waals surface area (Å²) in [7, 11) is 0. The molecule has 0 bridgehead atoms. The molecule has 1 aromatic heterocycles. The van der Waals surface area contributed by atoms with Crippen molar-refractivity contribution in [2.24, 2.45) is 0 Å². The Morgan fingerprint density at radius 2 is 2.08 bits per heavy atom.